The minimum absolute atomic E-state index is 0.0597. The summed E-state index contributed by atoms with van der Waals surface area (Å²) in [7, 11) is 0. The molecule has 0 radical (unpaired) electrons. The third-order valence-electron chi connectivity index (χ3n) is 4.26. The van der Waals surface area contributed by atoms with Crippen molar-refractivity contribution < 1.29 is 9.59 Å². The minimum atomic E-state index is -0.375. The lowest BCUT2D eigenvalue weighted by Crippen LogP contribution is -2.42. The van der Waals surface area contributed by atoms with Crippen LogP contribution in [0.15, 0.2) is 53.5 Å². The number of nitrogens with zero attached hydrogens (tertiary/aromatic N) is 1. The maximum atomic E-state index is 12.4. The van der Waals surface area contributed by atoms with E-state index < -0.39 is 0 Å². The second-order valence-corrected chi connectivity index (χ2v) is 5.71. The zero-order valence-electron chi connectivity index (χ0n) is 12.7. The highest BCUT2D eigenvalue weighted by Crippen LogP contribution is 2.22. The van der Waals surface area contributed by atoms with Gasteiger partial charge in [0.15, 0.2) is 5.78 Å². The van der Waals surface area contributed by atoms with Crippen LogP contribution in [-0.2, 0) is 0 Å². The van der Waals surface area contributed by atoms with Gasteiger partial charge < -0.3 is 9.88 Å². The van der Waals surface area contributed by atoms with Crippen LogP contribution in [0.5, 0.6) is 0 Å². The number of ketones is 1. The highest BCUT2D eigenvalue weighted by atomic mass is 16.2. The number of aromatic nitrogens is 1. The molecule has 1 aromatic carbocycles. The third-order valence-corrected chi connectivity index (χ3v) is 4.26. The molecule has 2 heterocycles. The molecule has 0 bridgehead atoms. The van der Waals surface area contributed by atoms with Gasteiger partial charge in [-0.15, -0.1) is 0 Å². The Morgan fingerprint density at radius 3 is 2.35 bits per heavy atom. The Bertz CT molecular complexity index is 759. The Morgan fingerprint density at radius 1 is 1.00 bits per heavy atom. The first kappa shape index (κ1) is 15.2. The summed E-state index contributed by atoms with van der Waals surface area (Å²) in [6.07, 6.45) is 2.76. The average Bonchev–Trinajstić information content (AvgIpc) is 2.62. The van der Waals surface area contributed by atoms with E-state index >= 15 is 0 Å². The largest absolute Gasteiger partial charge is 0.338 e. The molecule has 3 rings (SSSR count). The summed E-state index contributed by atoms with van der Waals surface area (Å²) < 4.78 is 0. The number of pyridine rings is 1. The summed E-state index contributed by atoms with van der Waals surface area (Å²) >= 11 is 0. The second-order valence-electron chi connectivity index (χ2n) is 5.71. The molecule has 1 aliphatic heterocycles. The van der Waals surface area contributed by atoms with E-state index in [0.717, 1.165) is 5.56 Å². The number of nitrogens with one attached hydrogen (secondary N) is 1. The zero-order chi connectivity index (χ0) is 16.2. The number of benzene rings is 1. The van der Waals surface area contributed by atoms with Gasteiger partial charge >= 0.3 is 0 Å². The fraction of sp³-hybridized carbons (Fsp3) is 0.278. The molecule has 0 aliphatic carbocycles. The molecule has 0 spiro atoms. The highest BCUT2D eigenvalue weighted by molar-refractivity contribution is 5.98. The Kier molecular flexibility index (Phi) is 4.37. The first-order chi connectivity index (χ1) is 11.2. The van der Waals surface area contributed by atoms with E-state index in [1.165, 1.54) is 12.3 Å². The van der Waals surface area contributed by atoms with Gasteiger partial charge in [-0.3, -0.25) is 14.4 Å². The number of amides is 1. The molecule has 1 aliphatic rings. The molecular weight excluding hydrogens is 292 g/mol. The van der Waals surface area contributed by atoms with Crippen molar-refractivity contribution in [3.8, 4) is 0 Å². The monoisotopic (exact) mass is 310 g/mol. The number of carbonyl (C=O) groups is 2. The molecule has 0 saturated carbocycles. The van der Waals surface area contributed by atoms with Crippen molar-refractivity contribution in [2.75, 3.05) is 13.1 Å². The molecule has 1 amide bonds. The summed E-state index contributed by atoms with van der Waals surface area (Å²) in [6.45, 7) is 0.993. The van der Waals surface area contributed by atoms with Crippen molar-refractivity contribution in [1.82, 2.24) is 9.88 Å². The summed E-state index contributed by atoms with van der Waals surface area (Å²) in [4.78, 5) is 40.7. The number of carbonyl (C=O) groups excluding carboxylic acids is 2. The van der Waals surface area contributed by atoms with E-state index in [1.54, 1.807) is 11.0 Å². The maximum Gasteiger partial charge on any atom is 0.260 e. The number of likely N-dealkylation sites (tertiary alicyclic amines) is 1. The predicted molar refractivity (Wildman–Crippen MR) is 86.5 cm³/mol. The lowest BCUT2D eigenvalue weighted by molar-refractivity contribution is 0.0649. The Labute approximate surface area is 134 Å². The molecule has 23 heavy (non-hydrogen) atoms. The van der Waals surface area contributed by atoms with E-state index in [2.05, 4.69) is 4.98 Å². The van der Waals surface area contributed by atoms with Crippen molar-refractivity contribution in [3.05, 3.63) is 70.1 Å². The van der Waals surface area contributed by atoms with E-state index in [0.29, 0.717) is 25.9 Å². The summed E-state index contributed by atoms with van der Waals surface area (Å²) in [5, 5.41) is 0. The van der Waals surface area contributed by atoms with Crippen LogP contribution in [0.2, 0.25) is 0 Å². The van der Waals surface area contributed by atoms with Gasteiger partial charge in [-0.25, -0.2) is 0 Å². The molecule has 1 fully saturated rings. The number of H-pyrrole nitrogens is 1. The molecule has 1 saturated heterocycles. The summed E-state index contributed by atoms with van der Waals surface area (Å²) in [5.41, 5.74) is 0.497. The van der Waals surface area contributed by atoms with Crippen LogP contribution in [0.4, 0.5) is 0 Å². The Morgan fingerprint density at radius 2 is 1.70 bits per heavy atom. The molecule has 2 aromatic rings. The van der Waals surface area contributed by atoms with E-state index in [1.807, 2.05) is 30.3 Å². The smallest absolute Gasteiger partial charge is 0.260 e. The van der Waals surface area contributed by atoms with Gasteiger partial charge in [0.25, 0.3) is 11.5 Å². The molecular formula is C18H18N2O3. The van der Waals surface area contributed by atoms with Crippen molar-refractivity contribution in [3.63, 3.8) is 0 Å². The standard InChI is InChI=1S/C18H18N2O3/c21-16(13-5-2-1-3-6-13)14-8-11-20(12-9-14)18(23)15-7-4-10-19-17(15)22/h1-7,10,14H,8-9,11-12H2,(H,19,22). The molecule has 1 N–H and O–H groups in total. The van der Waals surface area contributed by atoms with Crippen molar-refractivity contribution in [2.45, 2.75) is 12.8 Å². The highest BCUT2D eigenvalue weighted by Gasteiger charge is 2.29. The van der Waals surface area contributed by atoms with Gasteiger partial charge in [-0.05, 0) is 25.0 Å². The Balaban J connectivity index is 1.65. The van der Waals surface area contributed by atoms with Crippen LogP contribution in [-0.4, -0.2) is 34.7 Å². The predicted octanol–water partition coefficient (Wildman–Crippen LogP) is 2.11. The fourth-order valence-corrected chi connectivity index (χ4v) is 2.94. The van der Waals surface area contributed by atoms with Crippen LogP contribution >= 0.6 is 0 Å². The van der Waals surface area contributed by atoms with Gasteiger partial charge in [0.05, 0.1) is 0 Å². The van der Waals surface area contributed by atoms with E-state index in [9.17, 15) is 14.4 Å². The average molecular weight is 310 g/mol. The molecule has 118 valence electrons. The van der Waals surface area contributed by atoms with E-state index in [4.69, 9.17) is 0 Å². The first-order valence-corrected chi connectivity index (χ1v) is 7.73. The molecule has 0 atom stereocenters. The third kappa shape index (κ3) is 3.23. The van der Waals surface area contributed by atoms with Gasteiger partial charge in [-0.2, -0.15) is 0 Å². The normalized spacial score (nSPS) is 15.4. The van der Waals surface area contributed by atoms with Crippen LogP contribution in [0.25, 0.3) is 0 Å². The summed E-state index contributed by atoms with van der Waals surface area (Å²) in [5.74, 6) is -0.191. The van der Waals surface area contributed by atoms with Crippen LogP contribution in [0, 0.1) is 5.92 Å². The van der Waals surface area contributed by atoms with Crippen LogP contribution in [0.1, 0.15) is 33.6 Å². The lowest BCUT2D eigenvalue weighted by atomic mass is 9.88. The van der Waals surface area contributed by atoms with Gasteiger partial charge in [0.2, 0.25) is 0 Å². The first-order valence-electron chi connectivity index (χ1n) is 7.73. The number of hydrogen-bond acceptors (Lipinski definition) is 3. The van der Waals surface area contributed by atoms with Gasteiger partial charge in [0.1, 0.15) is 5.56 Å². The number of hydrogen-bond donors (Lipinski definition) is 1. The molecule has 5 nitrogen and oxygen atoms in total. The number of rotatable bonds is 3. The van der Waals surface area contributed by atoms with Gasteiger partial charge in [0, 0.05) is 30.8 Å². The second kappa shape index (κ2) is 6.60. The number of Topliss-reactive ketones (excluding diaryl/α,β-unsaturated/α-hetero) is 1. The lowest BCUT2D eigenvalue weighted by Gasteiger charge is -2.31. The zero-order valence-corrected chi connectivity index (χ0v) is 12.7. The fourth-order valence-electron chi connectivity index (χ4n) is 2.94. The molecule has 1 aromatic heterocycles. The molecule has 0 unspecified atom stereocenters. The number of aromatic amines is 1. The Hall–Kier alpha value is -2.69. The van der Waals surface area contributed by atoms with Crippen LogP contribution < -0.4 is 5.56 Å². The summed E-state index contributed by atoms with van der Waals surface area (Å²) in [6, 6.07) is 12.4. The van der Waals surface area contributed by atoms with E-state index in [-0.39, 0.29) is 28.7 Å². The van der Waals surface area contributed by atoms with Crippen LogP contribution in [0.3, 0.4) is 0 Å². The van der Waals surface area contributed by atoms with Crippen molar-refractivity contribution >= 4 is 11.7 Å². The maximum absolute atomic E-state index is 12.4. The van der Waals surface area contributed by atoms with Crippen molar-refractivity contribution in [2.24, 2.45) is 5.92 Å². The minimum Gasteiger partial charge on any atom is -0.338 e. The topological polar surface area (TPSA) is 70.2 Å². The number of piperidine rings is 1. The quantitative estimate of drug-likeness (QED) is 0.883. The SMILES string of the molecule is O=C(c1ccccc1)C1CCN(C(=O)c2ccc[nH]c2=O)CC1. The van der Waals surface area contributed by atoms with Gasteiger partial charge in [-0.1, -0.05) is 30.3 Å². The molecule has 5 heteroatoms. The van der Waals surface area contributed by atoms with Crippen molar-refractivity contribution in [1.29, 1.82) is 0 Å².